The Balaban J connectivity index is 2.55. The first-order chi connectivity index (χ1) is 9.74. The van der Waals surface area contributed by atoms with E-state index in [4.69, 9.17) is 5.73 Å². The van der Waals surface area contributed by atoms with Gasteiger partial charge in [0.05, 0.1) is 0 Å². The molecular formula is C18H36N2O. The second-order valence-electron chi connectivity index (χ2n) is 8.37. The molecular weight excluding hydrogens is 260 g/mol. The van der Waals surface area contributed by atoms with Crippen molar-refractivity contribution in [1.82, 2.24) is 5.32 Å². The van der Waals surface area contributed by atoms with Gasteiger partial charge in [0, 0.05) is 12.5 Å². The van der Waals surface area contributed by atoms with Gasteiger partial charge in [-0.25, -0.2) is 0 Å². The number of hydrogen-bond donors (Lipinski definition) is 2. The highest BCUT2D eigenvalue weighted by atomic mass is 16.1. The third-order valence-corrected chi connectivity index (χ3v) is 4.84. The minimum absolute atomic E-state index is 0.201. The van der Waals surface area contributed by atoms with Crippen LogP contribution >= 0.6 is 0 Å². The third-order valence-electron chi connectivity index (χ3n) is 4.84. The van der Waals surface area contributed by atoms with E-state index in [9.17, 15) is 4.79 Å². The van der Waals surface area contributed by atoms with E-state index in [2.05, 4.69) is 39.9 Å². The molecule has 3 atom stereocenters. The van der Waals surface area contributed by atoms with E-state index in [-0.39, 0.29) is 11.3 Å². The molecule has 1 amide bonds. The van der Waals surface area contributed by atoms with Crippen molar-refractivity contribution in [2.45, 2.75) is 79.2 Å². The van der Waals surface area contributed by atoms with Crippen molar-refractivity contribution in [2.24, 2.45) is 28.9 Å². The first-order valence-corrected chi connectivity index (χ1v) is 8.73. The van der Waals surface area contributed by atoms with Crippen LogP contribution in [-0.4, -0.2) is 18.5 Å². The molecule has 0 bridgehead atoms. The summed E-state index contributed by atoms with van der Waals surface area (Å²) in [5.74, 6) is 1.72. The summed E-state index contributed by atoms with van der Waals surface area (Å²) in [6.07, 6.45) is 6.53. The molecule has 1 aliphatic rings. The fourth-order valence-corrected chi connectivity index (χ4v) is 3.80. The molecule has 1 aliphatic carbocycles. The second-order valence-corrected chi connectivity index (χ2v) is 8.37. The molecule has 0 heterocycles. The molecule has 21 heavy (non-hydrogen) atoms. The Hall–Kier alpha value is -0.570. The summed E-state index contributed by atoms with van der Waals surface area (Å²) in [6.45, 7) is 11.9. The highest BCUT2D eigenvalue weighted by Gasteiger charge is 2.35. The number of carbonyl (C=O) groups is 1. The predicted octanol–water partition coefficient (Wildman–Crippen LogP) is 3.72. The van der Waals surface area contributed by atoms with Crippen molar-refractivity contribution in [3.8, 4) is 0 Å². The number of nitrogens with one attached hydrogen (secondary N) is 1. The van der Waals surface area contributed by atoms with Crippen molar-refractivity contribution >= 4 is 5.91 Å². The van der Waals surface area contributed by atoms with E-state index in [1.54, 1.807) is 0 Å². The molecule has 0 aliphatic heterocycles. The fourth-order valence-electron chi connectivity index (χ4n) is 3.80. The van der Waals surface area contributed by atoms with Gasteiger partial charge in [0.1, 0.15) is 0 Å². The minimum Gasteiger partial charge on any atom is -0.353 e. The number of carbonyl (C=O) groups excluding carboxylic acids is 1. The summed E-state index contributed by atoms with van der Waals surface area (Å²) in [6, 6.07) is 0.351. The van der Waals surface area contributed by atoms with Crippen LogP contribution in [0, 0.1) is 23.2 Å². The molecule has 0 aromatic rings. The van der Waals surface area contributed by atoms with Crippen molar-refractivity contribution in [1.29, 1.82) is 0 Å². The maximum atomic E-state index is 12.4. The molecule has 1 rings (SSSR count). The lowest BCUT2D eigenvalue weighted by Gasteiger charge is -2.41. The van der Waals surface area contributed by atoms with Crippen molar-refractivity contribution in [3.05, 3.63) is 0 Å². The van der Waals surface area contributed by atoms with E-state index in [1.807, 2.05) is 0 Å². The summed E-state index contributed by atoms with van der Waals surface area (Å²) < 4.78 is 0. The monoisotopic (exact) mass is 296 g/mol. The molecule has 3 nitrogen and oxygen atoms in total. The average Bonchev–Trinajstić information content (AvgIpc) is 2.36. The Morgan fingerprint density at radius 1 is 1.24 bits per heavy atom. The van der Waals surface area contributed by atoms with Gasteiger partial charge in [0.15, 0.2) is 0 Å². The summed E-state index contributed by atoms with van der Waals surface area (Å²) in [4.78, 5) is 12.4. The quantitative estimate of drug-likeness (QED) is 0.785. The average molecular weight is 296 g/mol. The van der Waals surface area contributed by atoms with Gasteiger partial charge in [-0.05, 0) is 49.0 Å². The van der Waals surface area contributed by atoms with Crippen molar-refractivity contribution in [2.75, 3.05) is 6.54 Å². The van der Waals surface area contributed by atoms with Gasteiger partial charge in [-0.2, -0.15) is 0 Å². The van der Waals surface area contributed by atoms with Crippen LogP contribution in [0.25, 0.3) is 0 Å². The van der Waals surface area contributed by atoms with E-state index in [1.165, 1.54) is 19.3 Å². The molecule has 1 fully saturated rings. The van der Waals surface area contributed by atoms with Crippen LogP contribution in [0.1, 0.15) is 73.1 Å². The number of nitrogens with two attached hydrogens (primary N) is 1. The fraction of sp³-hybridized carbons (Fsp3) is 0.944. The zero-order chi connectivity index (χ0) is 16.0. The van der Waals surface area contributed by atoms with E-state index in [0.29, 0.717) is 36.8 Å². The molecule has 3 unspecified atom stereocenters. The molecule has 3 heteroatoms. The van der Waals surface area contributed by atoms with E-state index >= 15 is 0 Å². The lowest BCUT2D eigenvalue weighted by Crippen LogP contribution is -2.47. The largest absolute Gasteiger partial charge is 0.353 e. The lowest BCUT2D eigenvalue weighted by atomic mass is 9.69. The van der Waals surface area contributed by atoms with Crippen LogP contribution in [0.5, 0.6) is 0 Å². The molecule has 0 aromatic carbocycles. The SMILES string of the molecule is CC(C)CC(CN)CC(=O)NC1CCCCC1C(C)(C)C. The molecule has 0 saturated heterocycles. The van der Waals surface area contributed by atoms with Gasteiger partial charge >= 0.3 is 0 Å². The summed E-state index contributed by atoms with van der Waals surface area (Å²) in [5, 5.41) is 3.32. The highest BCUT2D eigenvalue weighted by Crippen LogP contribution is 2.38. The lowest BCUT2D eigenvalue weighted by molar-refractivity contribution is -0.123. The molecule has 1 saturated carbocycles. The van der Waals surface area contributed by atoms with Gasteiger partial charge in [-0.1, -0.05) is 47.5 Å². The van der Waals surface area contributed by atoms with Gasteiger partial charge in [-0.15, -0.1) is 0 Å². The second kappa shape index (κ2) is 8.17. The molecule has 0 radical (unpaired) electrons. The Labute approximate surface area is 131 Å². The zero-order valence-electron chi connectivity index (χ0n) is 14.7. The van der Waals surface area contributed by atoms with Crippen LogP contribution in [0.15, 0.2) is 0 Å². The molecule has 3 N–H and O–H groups in total. The molecule has 0 aromatic heterocycles. The topological polar surface area (TPSA) is 55.1 Å². The molecule has 124 valence electrons. The number of amides is 1. The van der Waals surface area contributed by atoms with Gasteiger partial charge in [0.25, 0.3) is 0 Å². The van der Waals surface area contributed by atoms with Crippen LogP contribution < -0.4 is 11.1 Å². The first kappa shape index (κ1) is 18.5. The maximum absolute atomic E-state index is 12.4. The van der Waals surface area contributed by atoms with Crippen LogP contribution in [-0.2, 0) is 4.79 Å². The Kier molecular flexibility index (Phi) is 7.19. The van der Waals surface area contributed by atoms with Crippen molar-refractivity contribution < 1.29 is 4.79 Å². The Morgan fingerprint density at radius 3 is 2.38 bits per heavy atom. The summed E-state index contributed by atoms with van der Waals surface area (Å²) >= 11 is 0. The minimum atomic E-state index is 0.201. The summed E-state index contributed by atoms with van der Waals surface area (Å²) in [7, 11) is 0. The van der Waals surface area contributed by atoms with E-state index in [0.717, 1.165) is 12.8 Å². The number of rotatable bonds is 6. The Bertz CT molecular complexity index is 320. The van der Waals surface area contributed by atoms with Crippen LogP contribution in [0.2, 0.25) is 0 Å². The third kappa shape index (κ3) is 6.37. The van der Waals surface area contributed by atoms with Gasteiger partial charge in [0.2, 0.25) is 5.91 Å². The van der Waals surface area contributed by atoms with Gasteiger partial charge in [-0.3, -0.25) is 4.79 Å². The first-order valence-electron chi connectivity index (χ1n) is 8.73. The number of hydrogen-bond acceptors (Lipinski definition) is 2. The molecule has 0 spiro atoms. The maximum Gasteiger partial charge on any atom is 0.220 e. The Morgan fingerprint density at radius 2 is 1.86 bits per heavy atom. The van der Waals surface area contributed by atoms with Crippen LogP contribution in [0.4, 0.5) is 0 Å². The van der Waals surface area contributed by atoms with Crippen molar-refractivity contribution in [3.63, 3.8) is 0 Å². The smallest absolute Gasteiger partial charge is 0.220 e. The van der Waals surface area contributed by atoms with E-state index < -0.39 is 0 Å². The normalized spacial score (nSPS) is 24.9. The predicted molar refractivity (Wildman–Crippen MR) is 90.0 cm³/mol. The highest BCUT2D eigenvalue weighted by molar-refractivity contribution is 5.76. The van der Waals surface area contributed by atoms with Crippen LogP contribution in [0.3, 0.4) is 0 Å². The standard InChI is InChI=1S/C18H36N2O/c1-13(2)10-14(12-19)11-17(21)20-16-9-7-6-8-15(16)18(3,4)5/h13-16H,6-12,19H2,1-5H3,(H,20,21). The summed E-state index contributed by atoms with van der Waals surface area (Å²) in [5.41, 5.74) is 6.09. The zero-order valence-corrected chi connectivity index (χ0v) is 14.7. The van der Waals surface area contributed by atoms with Gasteiger partial charge < -0.3 is 11.1 Å².